The second-order valence-electron chi connectivity index (χ2n) is 7.69. The fourth-order valence-electron chi connectivity index (χ4n) is 4.13. The van der Waals surface area contributed by atoms with Crippen molar-refractivity contribution in [2.24, 2.45) is 0 Å². The smallest absolute Gasteiger partial charge is 0.287 e. The maximum atomic E-state index is 14.7. The van der Waals surface area contributed by atoms with Crippen LogP contribution < -0.4 is 5.32 Å². The molecule has 32 heavy (non-hydrogen) atoms. The van der Waals surface area contributed by atoms with Crippen LogP contribution in [0, 0.1) is 11.6 Å². The van der Waals surface area contributed by atoms with Crippen LogP contribution >= 0.6 is 0 Å². The van der Waals surface area contributed by atoms with Crippen LogP contribution in [0.1, 0.15) is 39.4 Å². The fraction of sp³-hybridized carbons (Fsp3) is 0.208. The van der Waals surface area contributed by atoms with Crippen LogP contribution in [0.2, 0.25) is 0 Å². The predicted molar refractivity (Wildman–Crippen MR) is 112 cm³/mol. The van der Waals surface area contributed by atoms with Gasteiger partial charge in [0.05, 0.1) is 25.4 Å². The Kier molecular flexibility index (Phi) is 5.36. The summed E-state index contributed by atoms with van der Waals surface area (Å²) in [6.07, 6.45) is 3.50. The molecule has 4 aromatic rings. The first-order valence-electron chi connectivity index (χ1n) is 10.3. The first-order valence-corrected chi connectivity index (χ1v) is 10.3. The predicted octanol–water partition coefficient (Wildman–Crippen LogP) is 4.49. The van der Waals surface area contributed by atoms with Crippen LogP contribution in [0.3, 0.4) is 0 Å². The van der Waals surface area contributed by atoms with Gasteiger partial charge in [-0.1, -0.05) is 6.07 Å². The van der Waals surface area contributed by atoms with Crippen molar-refractivity contribution in [1.82, 2.24) is 14.8 Å². The molecule has 1 N–H and O–H groups in total. The van der Waals surface area contributed by atoms with Gasteiger partial charge in [-0.05, 0) is 42.5 Å². The van der Waals surface area contributed by atoms with Gasteiger partial charge in [0.1, 0.15) is 23.2 Å². The van der Waals surface area contributed by atoms with Gasteiger partial charge in [-0.15, -0.1) is 0 Å². The third kappa shape index (κ3) is 3.97. The van der Waals surface area contributed by atoms with Crippen LogP contribution in [0.5, 0.6) is 0 Å². The van der Waals surface area contributed by atoms with E-state index in [1.807, 2.05) is 18.3 Å². The highest BCUT2D eigenvalue weighted by molar-refractivity contribution is 5.91. The number of nitrogens with one attached hydrogen (secondary N) is 1. The number of halogens is 2. The maximum absolute atomic E-state index is 14.7. The maximum Gasteiger partial charge on any atom is 0.287 e. The number of fused-ring (bicyclic) bond motifs is 1. The molecule has 0 radical (unpaired) electrons. The molecular weight excluding hydrogens is 416 g/mol. The van der Waals surface area contributed by atoms with Gasteiger partial charge in [-0.3, -0.25) is 9.69 Å². The normalized spacial score (nSPS) is 16.1. The van der Waals surface area contributed by atoms with Gasteiger partial charge in [0, 0.05) is 36.6 Å². The van der Waals surface area contributed by atoms with E-state index in [1.54, 1.807) is 30.5 Å². The number of benzene rings is 1. The lowest BCUT2D eigenvalue weighted by Crippen LogP contribution is -2.38. The summed E-state index contributed by atoms with van der Waals surface area (Å²) in [7, 11) is 0. The molecule has 3 aromatic heterocycles. The van der Waals surface area contributed by atoms with E-state index in [1.165, 1.54) is 12.1 Å². The number of rotatable bonds is 6. The first-order chi connectivity index (χ1) is 15.6. The van der Waals surface area contributed by atoms with Crippen molar-refractivity contribution >= 4 is 5.91 Å². The number of amides is 1. The highest BCUT2D eigenvalue weighted by atomic mass is 19.1. The number of hydrogen-bond acceptors (Lipinski definition) is 4. The molecule has 0 fully saturated rings. The topological polar surface area (TPSA) is 63.6 Å². The number of furan rings is 2. The minimum absolute atomic E-state index is 0.191. The summed E-state index contributed by atoms with van der Waals surface area (Å²) in [6, 6.07) is 14.0. The van der Waals surface area contributed by atoms with Gasteiger partial charge in [0.25, 0.3) is 5.91 Å². The fourth-order valence-corrected chi connectivity index (χ4v) is 4.13. The Morgan fingerprint density at radius 3 is 2.78 bits per heavy atom. The Bertz CT molecular complexity index is 1230. The Hall–Kier alpha value is -3.65. The molecular formula is C24H21F2N3O3. The van der Waals surface area contributed by atoms with E-state index in [-0.39, 0.29) is 18.2 Å². The van der Waals surface area contributed by atoms with Crippen molar-refractivity contribution in [3.8, 4) is 0 Å². The van der Waals surface area contributed by atoms with Crippen molar-refractivity contribution < 1.29 is 22.4 Å². The van der Waals surface area contributed by atoms with Crippen LogP contribution in [0.4, 0.5) is 8.78 Å². The molecule has 8 heteroatoms. The summed E-state index contributed by atoms with van der Waals surface area (Å²) in [5.41, 5.74) is 1.32. The SMILES string of the molecule is O=C(NCc1ccco1)c1ccc(CN2CCn3cccc3C2c2ccc(F)cc2F)o1. The molecule has 1 aromatic carbocycles. The minimum atomic E-state index is -0.611. The molecule has 0 saturated carbocycles. The summed E-state index contributed by atoms with van der Waals surface area (Å²) >= 11 is 0. The highest BCUT2D eigenvalue weighted by Gasteiger charge is 2.31. The molecule has 4 heterocycles. The van der Waals surface area contributed by atoms with Gasteiger partial charge < -0.3 is 18.7 Å². The second-order valence-corrected chi connectivity index (χ2v) is 7.69. The van der Waals surface area contributed by atoms with Crippen molar-refractivity contribution in [2.45, 2.75) is 25.7 Å². The van der Waals surface area contributed by atoms with Crippen LogP contribution in [-0.4, -0.2) is 21.9 Å². The van der Waals surface area contributed by atoms with Gasteiger partial charge in [0.15, 0.2) is 5.76 Å². The summed E-state index contributed by atoms with van der Waals surface area (Å²) in [6.45, 7) is 2.01. The third-order valence-electron chi connectivity index (χ3n) is 5.64. The molecule has 1 atom stereocenters. The van der Waals surface area contributed by atoms with E-state index >= 15 is 0 Å². The lowest BCUT2D eigenvalue weighted by molar-refractivity contribution is 0.0913. The van der Waals surface area contributed by atoms with Crippen molar-refractivity contribution in [1.29, 1.82) is 0 Å². The standard InChI is InChI=1S/C24H21F2N3O3/c25-16-5-7-19(20(26)13-16)23-21-4-1-9-28(21)10-11-29(23)15-18-6-8-22(32-18)24(30)27-14-17-3-2-12-31-17/h1-9,12-13,23H,10-11,14-15H2,(H,27,30). The van der Waals surface area contributed by atoms with Crippen molar-refractivity contribution in [2.75, 3.05) is 6.54 Å². The number of carbonyl (C=O) groups excluding carboxylic acids is 1. The largest absolute Gasteiger partial charge is 0.467 e. The molecule has 1 aliphatic heterocycles. The van der Waals surface area contributed by atoms with Crippen LogP contribution in [0.15, 0.2) is 75.9 Å². The second kappa shape index (κ2) is 8.47. The summed E-state index contributed by atoms with van der Waals surface area (Å²) in [4.78, 5) is 14.5. The quantitative estimate of drug-likeness (QED) is 0.483. The highest BCUT2D eigenvalue weighted by Crippen LogP contribution is 2.35. The molecule has 164 valence electrons. The van der Waals surface area contributed by atoms with E-state index in [4.69, 9.17) is 8.83 Å². The molecule has 0 saturated heterocycles. The Morgan fingerprint density at radius 1 is 1.06 bits per heavy atom. The number of carbonyl (C=O) groups is 1. The Morgan fingerprint density at radius 2 is 1.97 bits per heavy atom. The molecule has 1 unspecified atom stereocenters. The average Bonchev–Trinajstić information content (AvgIpc) is 3.54. The molecule has 6 nitrogen and oxygen atoms in total. The van der Waals surface area contributed by atoms with Gasteiger partial charge in [-0.25, -0.2) is 8.78 Å². The zero-order valence-corrected chi connectivity index (χ0v) is 17.1. The van der Waals surface area contributed by atoms with Crippen LogP contribution in [-0.2, 0) is 19.6 Å². The van der Waals surface area contributed by atoms with Gasteiger partial charge in [0.2, 0.25) is 0 Å². The number of hydrogen-bond donors (Lipinski definition) is 1. The zero-order valence-electron chi connectivity index (χ0n) is 17.1. The van der Waals surface area contributed by atoms with E-state index < -0.39 is 17.7 Å². The van der Waals surface area contributed by atoms with Crippen LogP contribution in [0.25, 0.3) is 0 Å². The monoisotopic (exact) mass is 437 g/mol. The van der Waals surface area contributed by atoms with Gasteiger partial charge >= 0.3 is 0 Å². The molecule has 1 aliphatic rings. The third-order valence-corrected chi connectivity index (χ3v) is 5.64. The van der Waals surface area contributed by atoms with E-state index in [0.29, 0.717) is 30.2 Å². The van der Waals surface area contributed by atoms with Crippen molar-refractivity contribution in [3.63, 3.8) is 0 Å². The van der Waals surface area contributed by atoms with Gasteiger partial charge in [-0.2, -0.15) is 0 Å². The average molecular weight is 437 g/mol. The lowest BCUT2D eigenvalue weighted by atomic mass is 9.99. The molecule has 0 aliphatic carbocycles. The minimum Gasteiger partial charge on any atom is -0.467 e. The summed E-state index contributed by atoms with van der Waals surface area (Å²) < 4.78 is 41.3. The zero-order chi connectivity index (χ0) is 22.1. The van der Waals surface area contributed by atoms with Crippen molar-refractivity contribution in [3.05, 3.63) is 107 Å². The molecule has 5 rings (SSSR count). The number of aromatic nitrogens is 1. The van der Waals surface area contributed by atoms with E-state index in [2.05, 4.69) is 14.8 Å². The molecule has 1 amide bonds. The number of nitrogens with zero attached hydrogens (tertiary/aromatic N) is 2. The first kappa shape index (κ1) is 20.3. The summed E-state index contributed by atoms with van der Waals surface area (Å²) in [5, 5.41) is 2.75. The van der Waals surface area contributed by atoms with E-state index in [9.17, 15) is 13.6 Å². The lowest BCUT2D eigenvalue weighted by Gasteiger charge is -2.37. The summed E-state index contributed by atoms with van der Waals surface area (Å²) in [5.74, 6) is -0.128. The molecule has 0 spiro atoms. The Labute approximate surface area is 183 Å². The Balaban J connectivity index is 1.35. The molecule has 0 bridgehead atoms. The van der Waals surface area contributed by atoms with E-state index in [0.717, 1.165) is 18.3 Å².